The molecule has 3 aromatic rings. The molecule has 0 aliphatic heterocycles. The second-order valence-electron chi connectivity index (χ2n) is 6.23. The van der Waals surface area contributed by atoms with Crippen LogP contribution in [0.2, 0.25) is 0 Å². The summed E-state index contributed by atoms with van der Waals surface area (Å²) in [5, 5.41) is 22.1. The molecule has 140 valence electrons. The van der Waals surface area contributed by atoms with Gasteiger partial charge in [-0.3, -0.25) is 19.6 Å². The molecule has 3 rings (SSSR count). The van der Waals surface area contributed by atoms with Crippen LogP contribution in [-0.4, -0.2) is 30.4 Å². The minimum absolute atomic E-state index is 0.148. The average Bonchev–Trinajstić information content (AvgIpc) is 3.26. The molecule has 1 amide bonds. The summed E-state index contributed by atoms with van der Waals surface area (Å²) in [6.45, 7) is 5.80. The predicted molar refractivity (Wildman–Crippen MR) is 98.5 cm³/mol. The number of carbonyl (C=O) groups excluding carboxylic acids is 1. The van der Waals surface area contributed by atoms with Gasteiger partial charge in [-0.15, -0.1) is 0 Å². The Balaban J connectivity index is 1.72. The number of nitro groups is 1. The molecular weight excluding hydrogens is 348 g/mol. The molecule has 0 spiro atoms. The zero-order chi connectivity index (χ0) is 19.6. The van der Waals surface area contributed by atoms with E-state index in [1.165, 1.54) is 10.9 Å². The highest BCUT2D eigenvalue weighted by Gasteiger charge is 2.20. The van der Waals surface area contributed by atoms with Crippen molar-refractivity contribution < 1.29 is 9.72 Å². The van der Waals surface area contributed by atoms with Crippen molar-refractivity contribution in [1.82, 2.24) is 24.9 Å². The number of nitrogens with zero attached hydrogens (tertiary/aromatic N) is 5. The summed E-state index contributed by atoms with van der Waals surface area (Å²) in [5.41, 5.74) is 3.52. The maximum absolute atomic E-state index is 12.4. The van der Waals surface area contributed by atoms with E-state index in [0.717, 1.165) is 28.8 Å². The highest BCUT2D eigenvalue weighted by molar-refractivity contribution is 5.79. The lowest BCUT2D eigenvalue weighted by Gasteiger charge is -2.12. The van der Waals surface area contributed by atoms with Crippen molar-refractivity contribution in [2.24, 2.45) is 0 Å². The van der Waals surface area contributed by atoms with Crippen LogP contribution in [0, 0.1) is 24.0 Å². The Hall–Kier alpha value is -3.49. The molecule has 27 heavy (non-hydrogen) atoms. The first kappa shape index (κ1) is 18.3. The molecule has 9 nitrogen and oxygen atoms in total. The van der Waals surface area contributed by atoms with Crippen LogP contribution >= 0.6 is 0 Å². The fraction of sp³-hybridized carbons (Fsp3) is 0.278. The Morgan fingerprint density at radius 1 is 1.30 bits per heavy atom. The van der Waals surface area contributed by atoms with Crippen molar-refractivity contribution in [2.45, 2.75) is 33.4 Å². The maximum atomic E-state index is 12.4. The SMILES string of the molecule is Cc1nn(-c2ccccc2)c(C)c1CNC(=O)C(C)n1cc([N+](=O)[O-])cn1. The van der Waals surface area contributed by atoms with E-state index in [2.05, 4.69) is 15.5 Å². The molecular formula is C18H20N6O3. The average molecular weight is 368 g/mol. The highest BCUT2D eigenvalue weighted by Crippen LogP contribution is 2.18. The molecule has 0 aliphatic carbocycles. The van der Waals surface area contributed by atoms with Crippen molar-refractivity contribution in [2.75, 3.05) is 0 Å². The van der Waals surface area contributed by atoms with Gasteiger partial charge in [-0.1, -0.05) is 18.2 Å². The van der Waals surface area contributed by atoms with Gasteiger partial charge in [0, 0.05) is 17.8 Å². The van der Waals surface area contributed by atoms with Crippen molar-refractivity contribution >= 4 is 11.6 Å². The Kier molecular flexibility index (Phi) is 5.02. The van der Waals surface area contributed by atoms with E-state index < -0.39 is 11.0 Å². The van der Waals surface area contributed by atoms with Gasteiger partial charge in [-0.25, -0.2) is 4.68 Å². The first-order valence-corrected chi connectivity index (χ1v) is 8.45. The van der Waals surface area contributed by atoms with Crippen molar-refractivity contribution in [3.05, 3.63) is 69.8 Å². The summed E-state index contributed by atoms with van der Waals surface area (Å²) in [4.78, 5) is 22.6. The number of benzene rings is 1. The number of nitrogens with one attached hydrogen (secondary N) is 1. The normalized spacial score (nSPS) is 12.0. The van der Waals surface area contributed by atoms with Crippen molar-refractivity contribution in [3.8, 4) is 5.69 Å². The van der Waals surface area contributed by atoms with Gasteiger partial charge in [0.25, 0.3) is 0 Å². The molecule has 0 bridgehead atoms. The fourth-order valence-electron chi connectivity index (χ4n) is 2.83. The first-order chi connectivity index (χ1) is 12.9. The summed E-state index contributed by atoms with van der Waals surface area (Å²) in [6, 6.07) is 9.10. The van der Waals surface area contributed by atoms with E-state index in [0.29, 0.717) is 6.54 Å². The van der Waals surface area contributed by atoms with Crippen LogP contribution in [-0.2, 0) is 11.3 Å². The van der Waals surface area contributed by atoms with Gasteiger partial charge in [0.2, 0.25) is 5.91 Å². The molecule has 0 aliphatic rings. The summed E-state index contributed by atoms with van der Waals surface area (Å²) >= 11 is 0. The van der Waals surface area contributed by atoms with Crippen molar-refractivity contribution in [1.29, 1.82) is 0 Å². The van der Waals surface area contributed by atoms with Gasteiger partial charge in [-0.2, -0.15) is 10.2 Å². The summed E-state index contributed by atoms with van der Waals surface area (Å²) < 4.78 is 3.12. The largest absolute Gasteiger partial charge is 0.350 e. The quantitative estimate of drug-likeness (QED) is 0.531. The Morgan fingerprint density at radius 3 is 2.63 bits per heavy atom. The van der Waals surface area contributed by atoms with Gasteiger partial charge in [-0.05, 0) is 32.9 Å². The Labute approximate surface area is 155 Å². The maximum Gasteiger partial charge on any atom is 0.307 e. The zero-order valence-corrected chi connectivity index (χ0v) is 15.3. The van der Waals surface area contributed by atoms with Crippen LogP contribution < -0.4 is 5.32 Å². The van der Waals surface area contributed by atoms with Gasteiger partial charge in [0.1, 0.15) is 18.4 Å². The predicted octanol–water partition coefficient (Wildman–Crippen LogP) is 2.47. The standard InChI is InChI=1S/C18H20N6O3/c1-12-17(13(2)23(21-12)15-7-5-4-6-8-15)10-19-18(25)14(3)22-11-16(9-20-22)24(26)27/h4-9,11,14H,10H2,1-3H3,(H,19,25). The minimum atomic E-state index is -0.663. The number of carbonyl (C=O) groups is 1. The molecule has 0 fully saturated rings. The summed E-state index contributed by atoms with van der Waals surface area (Å²) in [6.07, 6.45) is 2.37. The van der Waals surface area contributed by atoms with Gasteiger partial charge in [0.15, 0.2) is 0 Å². The topological polar surface area (TPSA) is 108 Å². The molecule has 0 saturated carbocycles. The number of aryl methyl sites for hydroxylation is 1. The lowest BCUT2D eigenvalue weighted by atomic mass is 10.2. The van der Waals surface area contributed by atoms with E-state index in [1.54, 1.807) is 6.92 Å². The number of hydrogen-bond acceptors (Lipinski definition) is 5. The molecule has 1 aromatic carbocycles. The van der Waals surface area contributed by atoms with Crippen LogP contribution in [0.1, 0.15) is 29.9 Å². The van der Waals surface area contributed by atoms with E-state index in [9.17, 15) is 14.9 Å². The Morgan fingerprint density at radius 2 is 2.00 bits per heavy atom. The first-order valence-electron chi connectivity index (χ1n) is 8.45. The van der Waals surface area contributed by atoms with Crippen LogP contribution in [0.4, 0.5) is 5.69 Å². The fourth-order valence-corrected chi connectivity index (χ4v) is 2.83. The molecule has 1 N–H and O–H groups in total. The zero-order valence-electron chi connectivity index (χ0n) is 15.3. The highest BCUT2D eigenvalue weighted by atomic mass is 16.6. The third kappa shape index (κ3) is 3.71. The lowest BCUT2D eigenvalue weighted by Crippen LogP contribution is -2.31. The summed E-state index contributed by atoms with van der Waals surface area (Å²) in [7, 11) is 0. The smallest absolute Gasteiger partial charge is 0.307 e. The van der Waals surface area contributed by atoms with Crippen LogP contribution in [0.15, 0.2) is 42.7 Å². The number of para-hydroxylation sites is 1. The van der Waals surface area contributed by atoms with Crippen LogP contribution in [0.5, 0.6) is 0 Å². The third-order valence-electron chi connectivity index (χ3n) is 4.46. The monoisotopic (exact) mass is 368 g/mol. The molecule has 2 heterocycles. The van der Waals surface area contributed by atoms with Crippen LogP contribution in [0.25, 0.3) is 5.69 Å². The van der Waals surface area contributed by atoms with Gasteiger partial charge in [0.05, 0.1) is 16.3 Å². The lowest BCUT2D eigenvalue weighted by molar-refractivity contribution is -0.385. The summed E-state index contributed by atoms with van der Waals surface area (Å²) in [5.74, 6) is -0.278. The molecule has 1 unspecified atom stereocenters. The van der Waals surface area contributed by atoms with Gasteiger partial charge < -0.3 is 5.32 Å². The minimum Gasteiger partial charge on any atom is -0.350 e. The number of aromatic nitrogens is 4. The van der Waals surface area contributed by atoms with E-state index in [-0.39, 0.29) is 11.6 Å². The molecule has 9 heteroatoms. The molecule has 0 radical (unpaired) electrons. The third-order valence-corrected chi connectivity index (χ3v) is 4.46. The number of hydrogen-bond donors (Lipinski definition) is 1. The van der Waals surface area contributed by atoms with E-state index >= 15 is 0 Å². The second kappa shape index (κ2) is 7.40. The molecule has 0 saturated heterocycles. The Bertz CT molecular complexity index is 976. The van der Waals surface area contributed by atoms with E-state index in [4.69, 9.17) is 0 Å². The molecule has 1 atom stereocenters. The van der Waals surface area contributed by atoms with Gasteiger partial charge >= 0.3 is 5.69 Å². The second-order valence-corrected chi connectivity index (χ2v) is 6.23. The number of rotatable bonds is 6. The van der Waals surface area contributed by atoms with E-state index in [1.807, 2.05) is 48.9 Å². The number of amides is 1. The van der Waals surface area contributed by atoms with Crippen LogP contribution in [0.3, 0.4) is 0 Å². The molecule has 2 aromatic heterocycles. The van der Waals surface area contributed by atoms with Crippen molar-refractivity contribution in [3.63, 3.8) is 0 Å².